The molecule has 1 fully saturated rings. The molecule has 0 saturated carbocycles. The molecule has 1 heterocycles. The Labute approximate surface area is 67.4 Å². The Morgan fingerprint density at radius 2 is 2.18 bits per heavy atom. The highest BCUT2D eigenvalue weighted by Gasteiger charge is 2.36. The summed E-state index contributed by atoms with van der Waals surface area (Å²) < 4.78 is 0. The van der Waals surface area contributed by atoms with Crippen LogP contribution in [0, 0.1) is 0 Å². The third-order valence-electron chi connectivity index (χ3n) is 2.40. The van der Waals surface area contributed by atoms with Crippen LogP contribution < -0.4 is 5.32 Å². The zero-order valence-corrected chi connectivity index (χ0v) is 7.03. The molecule has 4 N–H and O–H groups in total. The molecule has 0 radical (unpaired) electrons. The van der Waals surface area contributed by atoms with E-state index in [9.17, 15) is 10.2 Å². The lowest BCUT2D eigenvalue weighted by Gasteiger charge is -2.11. The van der Waals surface area contributed by atoms with Gasteiger partial charge in [-0.25, -0.2) is 0 Å². The molecule has 1 aliphatic heterocycles. The zero-order chi connectivity index (χ0) is 8.27. The molecule has 0 amide bonds. The van der Waals surface area contributed by atoms with Crippen molar-refractivity contribution in [2.75, 3.05) is 6.54 Å². The van der Waals surface area contributed by atoms with Gasteiger partial charge in [0.15, 0.2) is 0 Å². The van der Waals surface area contributed by atoms with E-state index in [1.807, 2.05) is 5.32 Å². The Hall–Kier alpha value is -0.120. The molecule has 0 aromatic rings. The van der Waals surface area contributed by atoms with Gasteiger partial charge in [0, 0.05) is 6.42 Å². The number of unbranched alkanes of at least 4 members (excludes halogenated alkanes) is 1. The van der Waals surface area contributed by atoms with Crippen molar-refractivity contribution < 1.29 is 15.5 Å². The molecule has 11 heavy (non-hydrogen) atoms. The Kier molecular flexibility index (Phi) is 3.30. The average molecular weight is 160 g/mol. The second-order valence-electron chi connectivity index (χ2n) is 3.34. The standard InChI is InChI=1S/C8H17NO2/c1-2-3-4-6-8(11)7(10)5-9-6/h6-11H,2-5H2,1H3/p+1/t6-,7+,8+/m1/s1. The highest BCUT2D eigenvalue weighted by Crippen LogP contribution is 2.07. The molecule has 0 bridgehead atoms. The van der Waals surface area contributed by atoms with Crippen LogP contribution in [-0.4, -0.2) is 35.0 Å². The lowest BCUT2D eigenvalue weighted by atomic mass is 10.1. The van der Waals surface area contributed by atoms with Gasteiger partial charge in [-0.2, -0.15) is 0 Å². The molecule has 66 valence electrons. The lowest BCUT2D eigenvalue weighted by molar-refractivity contribution is -0.675. The molecule has 3 heteroatoms. The van der Waals surface area contributed by atoms with Crippen molar-refractivity contribution in [2.45, 2.75) is 44.4 Å². The van der Waals surface area contributed by atoms with Crippen molar-refractivity contribution in [2.24, 2.45) is 0 Å². The molecule has 0 aromatic heterocycles. The lowest BCUT2D eigenvalue weighted by Crippen LogP contribution is -2.88. The first kappa shape index (κ1) is 8.97. The Morgan fingerprint density at radius 1 is 1.45 bits per heavy atom. The molecule has 1 aliphatic rings. The SMILES string of the molecule is CCCC[C@H]1[NH2+]C[C@H](O)[C@H]1O. The van der Waals surface area contributed by atoms with Gasteiger partial charge in [-0.15, -0.1) is 0 Å². The molecule has 0 unspecified atom stereocenters. The van der Waals surface area contributed by atoms with Crippen molar-refractivity contribution in [1.82, 2.24) is 0 Å². The molecule has 0 aliphatic carbocycles. The Morgan fingerprint density at radius 3 is 2.64 bits per heavy atom. The van der Waals surface area contributed by atoms with Crippen LogP contribution in [-0.2, 0) is 0 Å². The number of aliphatic hydroxyl groups excluding tert-OH is 2. The summed E-state index contributed by atoms with van der Waals surface area (Å²) >= 11 is 0. The summed E-state index contributed by atoms with van der Waals surface area (Å²) in [7, 11) is 0. The van der Waals surface area contributed by atoms with E-state index in [1.165, 1.54) is 0 Å². The van der Waals surface area contributed by atoms with Crippen molar-refractivity contribution in [1.29, 1.82) is 0 Å². The maximum absolute atomic E-state index is 9.40. The third kappa shape index (κ3) is 2.15. The fourth-order valence-corrected chi connectivity index (χ4v) is 1.61. The van der Waals surface area contributed by atoms with Crippen LogP contribution >= 0.6 is 0 Å². The highest BCUT2D eigenvalue weighted by atomic mass is 16.3. The molecular formula is C8H18NO2+. The number of quaternary nitrogens is 1. The minimum absolute atomic E-state index is 0.241. The minimum atomic E-state index is -0.503. The number of nitrogens with two attached hydrogens (primary N) is 1. The first-order valence-electron chi connectivity index (χ1n) is 4.45. The van der Waals surface area contributed by atoms with Crippen LogP contribution in [0.1, 0.15) is 26.2 Å². The molecule has 0 aromatic carbocycles. The molecule has 3 atom stereocenters. The van der Waals surface area contributed by atoms with Crippen LogP contribution in [0.2, 0.25) is 0 Å². The second-order valence-corrected chi connectivity index (χ2v) is 3.34. The summed E-state index contributed by atoms with van der Waals surface area (Å²) in [4.78, 5) is 0. The summed E-state index contributed by atoms with van der Waals surface area (Å²) in [5.74, 6) is 0. The van der Waals surface area contributed by atoms with Gasteiger partial charge in [0.05, 0.1) is 0 Å². The van der Waals surface area contributed by atoms with Gasteiger partial charge in [-0.3, -0.25) is 0 Å². The van der Waals surface area contributed by atoms with Crippen LogP contribution in [0.4, 0.5) is 0 Å². The normalized spacial score (nSPS) is 37.9. The summed E-state index contributed by atoms with van der Waals surface area (Å²) in [6, 6.07) is 0.241. The zero-order valence-electron chi connectivity index (χ0n) is 7.03. The third-order valence-corrected chi connectivity index (χ3v) is 2.40. The van der Waals surface area contributed by atoms with E-state index in [2.05, 4.69) is 6.92 Å². The fourth-order valence-electron chi connectivity index (χ4n) is 1.61. The van der Waals surface area contributed by atoms with E-state index in [-0.39, 0.29) is 6.04 Å². The highest BCUT2D eigenvalue weighted by molar-refractivity contribution is 4.78. The van der Waals surface area contributed by atoms with Gasteiger partial charge in [0.25, 0.3) is 0 Å². The summed E-state index contributed by atoms with van der Waals surface area (Å²) in [5.41, 5.74) is 0. The van der Waals surface area contributed by atoms with Crippen molar-refractivity contribution in [3.05, 3.63) is 0 Å². The number of hydrogen-bond acceptors (Lipinski definition) is 2. The molecule has 1 rings (SSSR count). The van der Waals surface area contributed by atoms with Gasteiger partial charge in [0.2, 0.25) is 0 Å². The topological polar surface area (TPSA) is 57.1 Å². The molecule has 0 spiro atoms. The Bertz CT molecular complexity index is 119. The summed E-state index contributed by atoms with van der Waals surface area (Å²) in [6.45, 7) is 2.80. The van der Waals surface area contributed by atoms with Gasteiger partial charge < -0.3 is 15.5 Å². The number of hydrogen-bond donors (Lipinski definition) is 3. The molecule has 1 saturated heterocycles. The second kappa shape index (κ2) is 4.04. The van der Waals surface area contributed by atoms with Crippen molar-refractivity contribution in [3.63, 3.8) is 0 Å². The quantitative estimate of drug-likeness (QED) is 0.488. The predicted molar refractivity (Wildman–Crippen MR) is 42.1 cm³/mol. The van der Waals surface area contributed by atoms with E-state index in [1.54, 1.807) is 0 Å². The maximum Gasteiger partial charge on any atom is 0.137 e. The average Bonchev–Trinajstić information content (AvgIpc) is 2.31. The van der Waals surface area contributed by atoms with Gasteiger partial charge in [-0.1, -0.05) is 13.3 Å². The predicted octanol–water partition coefficient (Wildman–Crippen LogP) is -1.16. The molecular weight excluding hydrogens is 142 g/mol. The smallest absolute Gasteiger partial charge is 0.137 e. The van der Waals surface area contributed by atoms with Gasteiger partial charge in [-0.05, 0) is 6.42 Å². The number of aliphatic hydroxyl groups is 2. The minimum Gasteiger partial charge on any atom is -0.384 e. The van der Waals surface area contributed by atoms with E-state index in [4.69, 9.17) is 0 Å². The van der Waals surface area contributed by atoms with Crippen molar-refractivity contribution in [3.8, 4) is 0 Å². The molecule has 3 nitrogen and oxygen atoms in total. The van der Waals surface area contributed by atoms with Gasteiger partial charge in [0.1, 0.15) is 24.8 Å². The monoisotopic (exact) mass is 160 g/mol. The Balaban J connectivity index is 2.24. The number of rotatable bonds is 3. The van der Waals surface area contributed by atoms with Crippen LogP contribution in [0.25, 0.3) is 0 Å². The van der Waals surface area contributed by atoms with E-state index in [0.717, 1.165) is 19.3 Å². The fraction of sp³-hybridized carbons (Fsp3) is 1.00. The maximum atomic E-state index is 9.40. The van der Waals surface area contributed by atoms with E-state index >= 15 is 0 Å². The van der Waals surface area contributed by atoms with E-state index < -0.39 is 12.2 Å². The summed E-state index contributed by atoms with van der Waals surface area (Å²) in [6.07, 6.45) is 2.32. The summed E-state index contributed by atoms with van der Waals surface area (Å²) in [5, 5.41) is 20.6. The van der Waals surface area contributed by atoms with Crippen molar-refractivity contribution >= 4 is 0 Å². The first-order chi connectivity index (χ1) is 5.25. The van der Waals surface area contributed by atoms with Gasteiger partial charge >= 0.3 is 0 Å². The first-order valence-corrected chi connectivity index (χ1v) is 4.45. The largest absolute Gasteiger partial charge is 0.384 e. The van der Waals surface area contributed by atoms with E-state index in [0.29, 0.717) is 6.54 Å². The van der Waals surface area contributed by atoms with Crippen LogP contribution in [0.15, 0.2) is 0 Å². The van der Waals surface area contributed by atoms with Crippen LogP contribution in [0.5, 0.6) is 0 Å². The van der Waals surface area contributed by atoms with Crippen LogP contribution in [0.3, 0.4) is 0 Å².